The average molecular weight is 286 g/mol. The van der Waals surface area contributed by atoms with Crippen LogP contribution in [0.15, 0.2) is 17.2 Å². The van der Waals surface area contributed by atoms with Crippen molar-refractivity contribution < 1.29 is 26.7 Å². The Balaban J connectivity index is 2.95. The number of rotatable bonds is 5. The summed E-state index contributed by atoms with van der Waals surface area (Å²) in [4.78, 5) is -0.294. The van der Waals surface area contributed by atoms with Crippen molar-refractivity contribution in [2.45, 2.75) is 31.1 Å². The highest BCUT2D eigenvalue weighted by Gasteiger charge is 2.30. The van der Waals surface area contributed by atoms with E-state index in [1.165, 1.54) is 15.5 Å². The summed E-state index contributed by atoms with van der Waals surface area (Å²) in [7, 11) is -4.22. The molecule has 0 fully saturated rings. The van der Waals surface area contributed by atoms with Gasteiger partial charge in [0.15, 0.2) is 0 Å². The van der Waals surface area contributed by atoms with Crippen molar-refractivity contribution in [2.75, 3.05) is 6.54 Å². The maximum Gasteiger partial charge on any atom is 0.402 e. The first-order valence-electron chi connectivity index (χ1n) is 5.06. The van der Waals surface area contributed by atoms with Crippen molar-refractivity contribution in [1.82, 2.24) is 9.29 Å². The first-order valence-corrected chi connectivity index (χ1v) is 6.54. The minimum atomic E-state index is -4.61. The van der Waals surface area contributed by atoms with Gasteiger partial charge < -0.3 is 9.67 Å². The molecule has 0 aromatic carbocycles. The zero-order valence-corrected chi connectivity index (χ0v) is 10.3. The van der Waals surface area contributed by atoms with Crippen LogP contribution in [0.3, 0.4) is 0 Å². The van der Waals surface area contributed by atoms with Crippen LogP contribution >= 0.6 is 0 Å². The molecular weight excluding hydrogens is 273 g/mol. The third kappa shape index (κ3) is 3.72. The maximum absolute atomic E-state index is 11.9. The number of hydrogen-bond donors (Lipinski definition) is 2. The molecule has 0 spiro atoms. The lowest BCUT2D eigenvalue weighted by molar-refractivity contribution is -0.121. The lowest BCUT2D eigenvalue weighted by Gasteiger charge is -2.07. The van der Waals surface area contributed by atoms with Crippen molar-refractivity contribution in [3.8, 4) is 0 Å². The minimum absolute atomic E-state index is 0.294. The van der Waals surface area contributed by atoms with Crippen LogP contribution in [0.4, 0.5) is 13.2 Å². The lowest BCUT2D eigenvalue weighted by atomic mass is 10.4. The summed E-state index contributed by atoms with van der Waals surface area (Å²) in [5, 5.41) is 8.97. The Hall–Kier alpha value is -1.06. The van der Waals surface area contributed by atoms with Crippen LogP contribution in [0, 0.1) is 0 Å². The summed E-state index contributed by atoms with van der Waals surface area (Å²) >= 11 is 0. The van der Waals surface area contributed by atoms with E-state index in [1.54, 1.807) is 6.92 Å². The summed E-state index contributed by atoms with van der Waals surface area (Å²) in [6.07, 6.45) is -3.43. The fraction of sp³-hybridized carbons (Fsp3) is 0.556. The number of aliphatic hydroxyl groups is 1. The molecule has 2 N–H and O–H groups in total. The lowest BCUT2D eigenvalue weighted by Crippen LogP contribution is -2.33. The average Bonchev–Trinajstić information content (AvgIpc) is 2.69. The number of alkyl halides is 3. The zero-order chi connectivity index (χ0) is 14.0. The molecule has 1 aromatic heterocycles. The molecule has 18 heavy (non-hydrogen) atoms. The Bertz CT molecular complexity index is 486. The molecule has 0 saturated carbocycles. The predicted octanol–water partition coefficient (Wildman–Crippen LogP) is 0.841. The standard InChI is InChI=1S/C9H13F3N2O3S/c1-2-14-4-8(3-7(14)5-15)18(16,17)13-6-9(10,11)12/h3-4,13,15H,2,5-6H2,1H3. The molecule has 0 saturated heterocycles. The fourth-order valence-corrected chi connectivity index (χ4v) is 2.44. The van der Waals surface area contributed by atoms with Gasteiger partial charge in [0.1, 0.15) is 6.54 Å². The van der Waals surface area contributed by atoms with E-state index >= 15 is 0 Å². The van der Waals surface area contributed by atoms with E-state index in [4.69, 9.17) is 5.11 Å². The van der Waals surface area contributed by atoms with E-state index in [0.717, 1.165) is 6.07 Å². The van der Waals surface area contributed by atoms with Gasteiger partial charge in [-0.3, -0.25) is 0 Å². The van der Waals surface area contributed by atoms with Crippen LogP contribution in [-0.2, 0) is 23.2 Å². The number of hydrogen-bond acceptors (Lipinski definition) is 3. The molecule has 5 nitrogen and oxygen atoms in total. The molecule has 0 unspecified atom stereocenters. The number of nitrogens with one attached hydrogen (secondary N) is 1. The Morgan fingerprint density at radius 1 is 1.44 bits per heavy atom. The topological polar surface area (TPSA) is 71.3 Å². The molecule has 1 aromatic rings. The largest absolute Gasteiger partial charge is 0.402 e. The Labute approximate surface area is 102 Å². The molecule has 0 aliphatic rings. The van der Waals surface area contributed by atoms with E-state index in [-0.39, 0.29) is 11.5 Å². The molecule has 0 bridgehead atoms. The summed E-state index contributed by atoms with van der Waals surface area (Å²) in [5.74, 6) is 0. The van der Waals surface area contributed by atoms with Crippen LogP contribution in [0.2, 0.25) is 0 Å². The van der Waals surface area contributed by atoms with Crippen LogP contribution in [0.1, 0.15) is 12.6 Å². The molecule has 9 heteroatoms. The van der Waals surface area contributed by atoms with E-state index in [0.29, 0.717) is 12.2 Å². The van der Waals surface area contributed by atoms with Gasteiger partial charge in [-0.1, -0.05) is 0 Å². The zero-order valence-electron chi connectivity index (χ0n) is 9.53. The van der Waals surface area contributed by atoms with Gasteiger partial charge >= 0.3 is 6.18 Å². The van der Waals surface area contributed by atoms with Gasteiger partial charge in [0, 0.05) is 18.4 Å². The minimum Gasteiger partial charge on any atom is -0.390 e. The smallest absolute Gasteiger partial charge is 0.390 e. The Kier molecular flexibility index (Phi) is 4.41. The van der Waals surface area contributed by atoms with Gasteiger partial charge in [-0.2, -0.15) is 13.2 Å². The van der Waals surface area contributed by atoms with Gasteiger partial charge in [0.2, 0.25) is 10.0 Å². The van der Waals surface area contributed by atoms with Gasteiger partial charge in [-0.05, 0) is 13.0 Å². The van der Waals surface area contributed by atoms with Crippen molar-refractivity contribution in [3.05, 3.63) is 18.0 Å². The van der Waals surface area contributed by atoms with E-state index in [2.05, 4.69) is 0 Å². The first-order chi connectivity index (χ1) is 8.19. The number of aliphatic hydroxyl groups excluding tert-OH is 1. The molecule has 1 rings (SSSR count). The number of halogens is 3. The second-order valence-corrected chi connectivity index (χ2v) is 5.32. The summed E-state index contributed by atoms with van der Waals surface area (Å²) in [5.41, 5.74) is 0.324. The molecule has 104 valence electrons. The quantitative estimate of drug-likeness (QED) is 0.842. The third-order valence-corrected chi connectivity index (χ3v) is 3.60. The molecular formula is C9H13F3N2O3S. The van der Waals surface area contributed by atoms with Crippen LogP contribution < -0.4 is 4.72 Å². The van der Waals surface area contributed by atoms with Crippen LogP contribution in [0.25, 0.3) is 0 Å². The first kappa shape index (κ1) is 15.0. The summed E-state index contributed by atoms with van der Waals surface area (Å²) in [6.45, 7) is 0.118. The predicted molar refractivity (Wildman–Crippen MR) is 57.3 cm³/mol. The number of sulfonamides is 1. The van der Waals surface area contributed by atoms with E-state index in [1.807, 2.05) is 0 Å². The van der Waals surface area contributed by atoms with Crippen molar-refractivity contribution in [2.24, 2.45) is 0 Å². The summed E-state index contributed by atoms with van der Waals surface area (Å²) in [6, 6.07) is 1.14. The summed E-state index contributed by atoms with van der Waals surface area (Å²) < 4.78 is 61.9. The highest BCUT2D eigenvalue weighted by atomic mass is 32.2. The number of aromatic nitrogens is 1. The van der Waals surface area contributed by atoms with Gasteiger partial charge in [0.25, 0.3) is 0 Å². The molecule has 0 amide bonds. The van der Waals surface area contributed by atoms with Gasteiger partial charge in [-0.25, -0.2) is 13.1 Å². The van der Waals surface area contributed by atoms with E-state index < -0.39 is 22.7 Å². The van der Waals surface area contributed by atoms with Crippen molar-refractivity contribution in [3.63, 3.8) is 0 Å². The van der Waals surface area contributed by atoms with Crippen molar-refractivity contribution >= 4 is 10.0 Å². The Morgan fingerprint density at radius 2 is 2.06 bits per heavy atom. The fourth-order valence-electron chi connectivity index (χ4n) is 1.36. The number of aryl methyl sites for hydroxylation is 1. The molecule has 0 aliphatic carbocycles. The van der Waals surface area contributed by atoms with Gasteiger partial charge in [0.05, 0.1) is 11.5 Å². The van der Waals surface area contributed by atoms with Crippen LogP contribution in [0.5, 0.6) is 0 Å². The second-order valence-electron chi connectivity index (χ2n) is 3.55. The second kappa shape index (κ2) is 5.29. The SMILES string of the molecule is CCn1cc(S(=O)(=O)NCC(F)(F)F)cc1CO. The van der Waals surface area contributed by atoms with Crippen molar-refractivity contribution in [1.29, 1.82) is 0 Å². The molecule has 0 aliphatic heterocycles. The highest BCUT2D eigenvalue weighted by molar-refractivity contribution is 7.89. The van der Waals surface area contributed by atoms with Crippen LogP contribution in [-0.4, -0.2) is 30.8 Å². The number of nitrogens with zero attached hydrogens (tertiary/aromatic N) is 1. The molecule has 0 radical (unpaired) electrons. The maximum atomic E-state index is 11.9. The molecule has 1 heterocycles. The highest BCUT2D eigenvalue weighted by Crippen LogP contribution is 2.17. The van der Waals surface area contributed by atoms with Gasteiger partial charge in [-0.15, -0.1) is 0 Å². The molecule has 0 atom stereocenters. The third-order valence-electron chi connectivity index (χ3n) is 2.24. The Morgan fingerprint density at radius 3 is 2.44 bits per heavy atom. The normalized spacial score (nSPS) is 12.9. The van der Waals surface area contributed by atoms with E-state index in [9.17, 15) is 21.6 Å². The monoisotopic (exact) mass is 286 g/mol.